The van der Waals surface area contributed by atoms with Gasteiger partial charge < -0.3 is 4.74 Å². The Bertz CT molecular complexity index is 593. The van der Waals surface area contributed by atoms with Crippen LogP contribution < -0.4 is 0 Å². The molecule has 1 atom stereocenters. The first-order valence-electron chi connectivity index (χ1n) is 6.34. The molecule has 4 nitrogen and oxygen atoms in total. The van der Waals surface area contributed by atoms with Gasteiger partial charge in [-0.25, -0.2) is 8.42 Å². The molecule has 0 aliphatic heterocycles. The summed E-state index contributed by atoms with van der Waals surface area (Å²) in [7, 11) is -2.22. The minimum absolute atomic E-state index is 0.00835. The van der Waals surface area contributed by atoms with E-state index in [0.717, 1.165) is 0 Å². The van der Waals surface area contributed by atoms with Gasteiger partial charge in [0.25, 0.3) is 0 Å². The van der Waals surface area contributed by atoms with Gasteiger partial charge in [-0.1, -0.05) is 30.1 Å². The zero-order valence-electron chi connectivity index (χ0n) is 12.1. The molecule has 0 saturated carbocycles. The lowest BCUT2D eigenvalue weighted by Gasteiger charge is -2.27. The summed E-state index contributed by atoms with van der Waals surface area (Å²) in [5.74, 6) is 0.0424. The molecule has 0 amide bonds. The Labute approximate surface area is 141 Å². The van der Waals surface area contributed by atoms with Crippen molar-refractivity contribution in [1.82, 2.24) is 4.31 Å². The van der Waals surface area contributed by atoms with Crippen molar-refractivity contribution in [2.24, 2.45) is 0 Å². The predicted octanol–water partition coefficient (Wildman–Crippen LogP) is 3.78. The van der Waals surface area contributed by atoms with Gasteiger partial charge in [0.2, 0.25) is 10.0 Å². The van der Waals surface area contributed by atoms with Gasteiger partial charge in [0, 0.05) is 30.3 Å². The molecule has 0 fully saturated rings. The molecule has 0 aromatic heterocycles. The lowest BCUT2D eigenvalue weighted by Crippen LogP contribution is -2.41. The number of rotatable bonds is 7. The fourth-order valence-electron chi connectivity index (χ4n) is 2.07. The average Bonchev–Trinajstić information content (AvgIpc) is 2.39. The molecule has 0 bridgehead atoms. The Balaban J connectivity index is 3.36. The third kappa shape index (κ3) is 4.03. The largest absolute Gasteiger partial charge is 0.383 e. The monoisotopic (exact) mass is 373 g/mol. The van der Waals surface area contributed by atoms with Crippen LogP contribution in [0, 0.1) is 0 Å². The molecule has 0 N–H and O–H groups in total. The quantitative estimate of drug-likeness (QED) is 0.682. The third-order valence-corrected chi connectivity index (χ3v) is 6.38. The van der Waals surface area contributed by atoms with Crippen LogP contribution in [0.4, 0.5) is 0 Å². The molecule has 21 heavy (non-hydrogen) atoms. The Morgan fingerprint density at radius 3 is 2.43 bits per heavy atom. The first-order valence-corrected chi connectivity index (χ1v) is 9.07. The predicted molar refractivity (Wildman–Crippen MR) is 86.9 cm³/mol. The van der Waals surface area contributed by atoms with Gasteiger partial charge in [-0.3, -0.25) is 0 Å². The van der Waals surface area contributed by atoms with Gasteiger partial charge in [0.1, 0.15) is 4.90 Å². The minimum atomic E-state index is -3.75. The number of hydrogen-bond acceptors (Lipinski definition) is 3. The van der Waals surface area contributed by atoms with E-state index in [1.54, 1.807) is 13.8 Å². The van der Waals surface area contributed by atoms with Gasteiger partial charge in [-0.2, -0.15) is 4.31 Å². The Hall–Kier alpha value is -0.0400. The average molecular weight is 375 g/mol. The van der Waals surface area contributed by atoms with Crippen molar-refractivity contribution in [3.8, 4) is 0 Å². The molecule has 120 valence electrons. The van der Waals surface area contributed by atoms with E-state index in [1.807, 2.05) is 0 Å². The van der Waals surface area contributed by atoms with Crippen molar-refractivity contribution in [2.75, 3.05) is 20.3 Å². The van der Waals surface area contributed by atoms with Crippen LogP contribution in [-0.4, -0.2) is 39.0 Å². The topological polar surface area (TPSA) is 46.6 Å². The lowest BCUT2D eigenvalue weighted by molar-refractivity contribution is 0.142. The molecule has 0 aliphatic carbocycles. The fraction of sp³-hybridized carbons (Fsp3) is 0.538. The minimum Gasteiger partial charge on any atom is -0.383 e. The summed E-state index contributed by atoms with van der Waals surface area (Å²) in [6.07, 6.45) is 0. The van der Waals surface area contributed by atoms with Gasteiger partial charge in [0.15, 0.2) is 0 Å². The summed E-state index contributed by atoms with van der Waals surface area (Å²) in [6, 6.07) is 2.58. The standard InChI is InChI=1S/C13H18Cl3NO3S/c1-4-17(9(2)8-20-3)21(18,19)12-6-5-11(15)10(7-14)13(12)16/h5-6,9H,4,7-8H2,1-3H3. The highest BCUT2D eigenvalue weighted by atomic mass is 35.5. The van der Waals surface area contributed by atoms with E-state index >= 15 is 0 Å². The zero-order valence-corrected chi connectivity index (χ0v) is 15.2. The van der Waals surface area contributed by atoms with Crippen LogP contribution in [0.15, 0.2) is 17.0 Å². The van der Waals surface area contributed by atoms with Gasteiger partial charge in [0.05, 0.1) is 17.5 Å². The molecule has 0 radical (unpaired) electrons. The van der Waals surface area contributed by atoms with Crippen LogP contribution in [0.3, 0.4) is 0 Å². The maximum absolute atomic E-state index is 12.8. The molecule has 1 aromatic carbocycles. The van der Waals surface area contributed by atoms with Crippen LogP contribution >= 0.6 is 34.8 Å². The second-order valence-corrected chi connectivity index (χ2v) is 7.40. The summed E-state index contributed by atoms with van der Waals surface area (Å²) in [5.41, 5.74) is 0.413. The van der Waals surface area contributed by atoms with E-state index in [-0.39, 0.29) is 21.8 Å². The van der Waals surface area contributed by atoms with Gasteiger partial charge in [-0.05, 0) is 19.1 Å². The number of nitrogens with zero attached hydrogens (tertiary/aromatic N) is 1. The number of likely N-dealkylation sites (N-methyl/N-ethyl adjacent to an activating group) is 1. The molecule has 0 heterocycles. The highest BCUT2D eigenvalue weighted by molar-refractivity contribution is 7.89. The maximum Gasteiger partial charge on any atom is 0.244 e. The molecule has 1 unspecified atom stereocenters. The van der Waals surface area contributed by atoms with E-state index in [0.29, 0.717) is 23.7 Å². The maximum atomic E-state index is 12.8. The van der Waals surface area contributed by atoms with E-state index in [1.165, 1.54) is 23.5 Å². The first-order chi connectivity index (χ1) is 9.81. The number of methoxy groups -OCH3 is 1. The van der Waals surface area contributed by atoms with E-state index in [4.69, 9.17) is 39.5 Å². The van der Waals surface area contributed by atoms with Crippen molar-refractivity contribution in [3.63, 3.8) is 0 Å². The first kappa shape index (κ1) is 19.0. The molecule has 1 rings (SSSR count). The van der Waals surface area contributed by atoms with Crippen LogP contribution in [0.25, 0.3) is 0 Å². The normalized spacial score (nSPS) is 13.7. The Morgan fingerprint density at radius 2 is 1.95 bits per heavy atom. The van der Waals surface area contributed by atoms with E-state index < -0.39 is 10.0 Å². The number of benzene rings is 1. The van der Waals surface area contributed by atoms with Crippen LogP contribution in [0.2, 0.25) is 10.0 Å². The molecule has 0 spiro atoms. The highest BCUT2D eigenvalue weighted by Gasteiger charge is 2.30. The van der Waals surface area contributed by atoms with Gasteiger partial charge >= 0.3 is 0 Å². The van der Waals surface area contributed by atoms with Crippen molar-refractivity contribution in [2.45, 2.75) is 30.7 Å². The number of sulfonamides is 1. The number of ether oxygens (including phenoxy) is 1. The second-order valence-electron chi connectivity index (χ2n) is 4.48. The van der Waals surface area contributed by atoms with Crippen LogP contribution in [0.1, 0.15) is 19.4 Å². The van der Waals surface area contributed by atoms with Gasteiger partial charge in [-0.15, -0.1) is 11.6 Å². The Morgan fingerprint density at radius 1 is 1.33 bits per heavy atom. The smallest absolute Gasteiger partial charge is 0.244 e. The molecule has 1 aromatic rings. The fourth-order valence-corrected chi connectivity index (χ4v) is 5.00. The number of alkyl halides is 1. The van der Waals surface area contributed by atoms with E-state index in [2.05, 4.69) is 0 Å². The van der Waals surface area contributed by atoms with Crippen molar-refractivity contribution in [3.05, 3.63) is 27.7 Å². The summed E-state index contributed by atoms with van der Waals surface area (Å²) >= 11 is 17.9. The molecule has 0 saturated heterocycles. The van der Waals surface area contributed by atoms with Crippen LogP contribution in [-0.2, 0) is 20.6 Å². The molecular weight excluding hydrogens is 357 g/mol. The number of hydrogen-bond donors (Lipinski definition) is 0. The second kappa shape index (κ2) is 7.99. The zero-order chi connectivity index (χ0) is 16.2. The SMILES string of the molecule is CCN(C(C)COC)S(=O)(=O)c1ccc(Cl)c(CCl)c1Cl. The molecule has 8 heteroatoms. The summed E-state index contributed by atoms with van der Waals surface area (Å²) in [5, 5.41) is 0.419. The van der Waals surface area contributed by atoms with Crippen molar-refractivity contribution in [1.29, 1.82) is 0 Å². The van der Waals surface area contributed by atoms with Crippen LogP contribution in [0.5, 0.6) is 0 Å². The summed E-state index contributed by atoms with van der Waals surface area (Å²) in [4.78, 5) is 0.00835. The van der Waals surface area contributed by atoms with Crippen molar-refractivity contribution >= 4 is 44.8 Å². The summed E-state index contributed by atoms with van der Waals surface area (Å²) < 4.78 is 31.9. The summed E-state index contributed by atoms with van der Waals surface area (Å²) in [6.45, 7) is 4.13. The lowest BCUT2D eigenvalue weighted by atomic mass is 10.2. The molecule has 0 aliphatic rings. The molecular formula is C13H18Cl3NO3S. The third-order valence-electron chi connectivity index (χ3n) is 3.08. The van der Waals surface area contributed by atoms with E-state index in [9.17, 15) is 8.42 Å². The Kier molecular flexibility index (Phi) is 7.24. The highest BCUT2D eigenvalue weighted by Crippen LogP contribution is 2.34. The van der Waals surface area contributed by atoms with Crippen molar-refractivity contribution < 1.29 is 13.2 Å². The number of halogens is 3.